The van der Waals surface area contributed by atoms with Crippen LogP contribution in [0.2, 0.25) is 5.02 Å². The number of carbonyl (C=O) groups excluding carboxylic acids is 1. The summed E-state index contributed by atoms with van der Waals surface area (Å²) in [6.45, 7) is 2.37. The largest absolute Gasteiger partial charge is 0.493 e. The SMILES string of the molecule is CCOc1ccc(Cl)cc1/C=C1/SC(=S)N(c2cccc(F)c2)C1=O. The fourth-order valence-electron chi connectivity index (χ4n) is 2.37. The summed E-state index contributed by atoms with van der Waals surface area (Å²) >= 11 is 12.5. The number of ether oxygens (including phenoxy) is 1. The van der Waals surface area contributed by atoms with E-state index in [0.29, 0.717) is 37.9 Å². The molecule has 7 heteroatoms. The van der Waals surface area contributed by atoms with Gasteiger partial charge in [-0.15, -0.1) is 0 Å². The minimum Gasteiger partial charge on any atom is -0.493 e. The van der Waals surface area contributed by atoms with Crippen molar-refractivity contribution >= 4 is 57.6 Å². The van der Waals surface area contributed by atoms with Crippen LogP contribution in [0, 0.1) is 5.82 Å². The first-order valence-electron chi connectivity index (χ1n) is 7.45. The number of hydrogen-bond acceptors (Lipinski definition) is 4. The van der Waals surface area contributed by atoms with Crippen molar-refractivity contribution < 1.29 is 13.9 Å². The standard InChI is InChI=1S/C18H13ClFNO2S2/c1-2-23-15-7-6-12(19)8-11(15)9-16-17(22)21(18(24)25-16)14-5-3-4-13(20)10-14/h3-10H,2H2,1H3/b16-9+. The maximum Gasteiger partial charge on any atom is 0.270 e. The van der Waals surface area contributed by atoms with Gasteiger partial charge in [0, 0.05) is 10.6 Å². The van der Waals surface area contributed by atoms with Gasteiger partial charge in [-0.05, 0) is 49.4 Å². The molecule has 0 aliphatic carbocycles. The zero-order valence-electron chi connectivity index (χ0n) is 13.2. The average Bonchev–Trinajstić information content (AvgIpc) is 2.84. The number of carbonyl (C=O) groups is 1. The number of benzene rings is 2. The molecule has 3 nitrogen and oxygen atoms in total. The molecular formula is C18H13ClFNO2S2. The van der Waals surface area contributed by atoms with Crippen LogP contribution >= 0.6 is 35.6 Å². The van der Waals surface area contributed by atoms with Crippen LogP contribution in [0.25, 0.3) is 6.08 Å². The van der Waals surface area contributed by atoms with E-state index in [1.165, 1.54) is 23.1 Å². The van der Waals surface area contributed by atoms with Gasteiger partial charge in [-0.1, -0.05) is 41.6 Å². The molecule has 1 amide bonds. The Hall–Kier alpha value is -1.89. The lowest BCUT2D eigenvalue weighted by Gasteiger charge is -2.14. The lowest BCUT2D eigenvalue weighted by molar-refractivity contribution is -0.113. The number of nitrogens with zero attached hydrogens (tertiary/aromatic N) is 1. The van der Waals surface area contributed by atoms with Gasteiger partial charge in [0.15, 0.2) is 4.32 Å². The molecule has 1 aliphatic heterocycles. The lowest BCUT2D eigenvalue weighted by atomic mass is 10.1. The molecule has 128 valence electrons. The van der Waals surface area contributed by atoms with Gasteiger partial charge in [-0.2, -0.15) is 0 Å². The first-order valence-corrected chi connectivity index (χ1v) is 9.05. The highest BCUT2D eigenvalue weighted by molar-refractivity contribution is 8.27. The van der Waals surface area contributed by atoms with Gasteiger partial charge < -0.3 is 4.74 Å². The second kappa shape index (κ2) is 7.56. The normalized spacial score (nSPS) is 16.0. The average molecular weight is 394 g/mol. The number of anilines is 1. The summed E-state index contributed by atoms with van der Waals surface area (Å²) < 4.78 is 19.4. The number of halogens is 2. The molecule has 0 atom stereocenters. The number of thiocarbonyl (C=S) groups is 1. The molecule has 0 radical (unpaired) electrons. The third kappa shape index (κ3) is 3.86. The molecule has 0 unspecified atom stereocenters. The van der Waals surface area contributed by atoms with Crippen molar-refractivity contribution in [3.8, 4) is 5.75 Å². The molecule has 0 bridgehead atoms. The van der Waals surface area contributed by atoms with Crippen molar-refractivity contribution in [3.63, 3.8) is 0 Å². The molecule has 0 N–H and O–H groups in total. The molecule has 0 aromatic heterocycles. The highest BCUT2D eigenvalue weighted by atomic mass is 35.5. The van der Waals surface area contributed by atoms with E-state index in [0.717, 1.165) is 11.8 Å². The summed E-state index contributed by atoms with van der Waals surface area (Å²) in [5, 5.41) is 0.537. The van der Waals surface area contributed by atoms with Crippen molar-refractivity contribution in [1.29, 1.82) is 0 Å². The van der Waals surface area contributed by atoms with Crippen LogP contribution in [-0.2, 0) is 4.79 Å². The third-order valence-corrected chi connectivity index (χ3v) is 4.96. The molecule has 2 aromatic carbocycles. The summed E-state index contributed by atoms with van der Waals surface area (Å²) in [5.74, 6) is -0.102. The maximum absolute atomic E-state index is 13.5. The Morgan fingerprint density at radius 1 is 1.32 bits per heavy atom. The van der Waals surface area contributed by atoms with Crippen LogP contribution in [0.3, 0.4) is 0 Å². The monoisotopic (exact) mass is 393 g/mol. The Morgan fingerprint density at radius 2 is 2.12 bits per heavy atom. The third-order valence-electron chi connectivity index (χ3n) is 3.42. The molecule has 25 heavy (non-hydrogen) atoms. The number of hydrogen-bond donors (Lipinski definition) is 0. The molecule has 1 fully saturated rings. The van der Waals surface area contributed by atoms with E-state index in [1.807, 2.05) is 6.92 Å². The summed E-state index contributed by atoms with van der Waals surface area (Å²) in [7, 11) is 0. The van der Waals surface area contributed by atoms with Gasteiger partial charge in [-0.3, -0.25) is 9.69 Å². The van der Waals surface area contributed by atoms with Crippen molar-refractivity contribution in [2.24, 2.45) is 0 Å². The first kappa shape index (κ1) is 17.9. The topological polar surface area (TPSA) is 29.5 Å². The molecule has 0 spiro atoms. The van der Waals surface area contributed by atoms with Crippen molar-refractivity contribution in [1.82, 2.24) is 0 Å². The Morgan fingerprint density at radius 3 is 2.84 bits per heavy atom. The summed E-state index contributed by atoms with van der Waals surface area (Å²) in [6.07, 6.45) is 1.69. The quantitative estimate of drug-likeness (QED) is 0.522. The van der Waals surface area contributed by atoms with Gasteiger partial charge >= 0.3 is 0 Å². The summed E-state index contributed by atoms with van der Waals surface area (Å²) in [6, 6.07) is 11.0. The molecular weight excluding hydrogens is 381 g/mol. The predicted molar refractivity (Wildman–Crippen MR) is 105 cm³/mol. The lowest BCUT2D eigenvalue weighted by Crippen LogP contribution is -2.27. The van der Waals surface area contributed by atoms with Gasteiger partial charge in [0.25, 0.3) is 5.91 Å². The molecule has 1 aliphatic rings. The fraction of sp³-hybridized carbons (Fsp3) is 0.111. The van der Waals surface area contributed by atoms with Crippen molar-refractivity contribution in [3.05, 3.63) is 63.8 Å². The maximum atomic E-state index is 13.5. The highest BCUT2D eigenvalue weighted by Crippen LogP contribution is 2.37. The van der Waals surface area contributed by atoms with Crippen LogP contribution in [0.15, 0.2) is 47.4 Å². The van der Waals surface area contributed by atoms with Crippen LogP contribution in [0.1, 0.15) is 12.5 Å². The fourth-order valence-corrected chi connectivity index (χ4v) is 3.84. The first-order chi connectivity index (χ1) is 12.0. The van der Waals surface area contributed by atoms with Gasteiger partial charge in [0.2, 0.25) is 0 Å². The van der Waals surface area contributed by atoms with E-state index in [4.69, 9.17) is 28.6 Å². The second-order valence-corrected chi connectivity index (χ2v) is 7.22. The van der Waals surface area contributed by atoms with Crippen LogP contribution in [0.5, 0.6) is 5.75 Å². The molecule has 2 aromatic rings. The van der Waals surface area contributed by atoms with Gasteiger partial charge in [-0.25, -0.2) is 4.39 Å². The molecule has 1 heterocycles. The highest BCUT2D eigenvalue weighted by Gasteiger charge is 2.33. The van der Waals surface area contributed by atoms with Crippen LogP contribution in [0.4, 0.5) is 10.1 Å². The Kier molecular flexibility index (Phi) is 5.42. The van der Waals surface area contributed by atoms with E-state index in [-0.39, 0.29) is 5.91 Å². The van der Waals surface area contributed by atoms with Crippen LogP contribution < -0.4 is 9.64 Å². The molecule has 3 rings (SSSR count). The number of thioether (sulfide) groups is 1. The Bertz CT molecular complexity index is 885. The van der Waals surface area contributed by atoms with Crippen molar-refractivity contribution in [2.45, 2.75) is 6.92 Å². The number of amides is 1. The summed E-state index contributed by atoms with van der Waals surface area (Å²) in [4.78, 5) is 14.5. The summed E-state index contributed by atoms with van der Waals surface area (Å²) in [5.41, 5.74) is 1.09. The second-order valence-electron chi connectivity index (χ2n) is 5.11. The van der Waals surface area contributed by atoms with Crippen LogP contribution in [-0.4, -0.2) is 16.8 Å². The van der Waals surface area contributed by atoms with E-state index < -0.39 is 5.82 Å². The zero-order valence-corrected chi connectivity index (χ0v) is 15.6. The Balaban J connectivity index is 1.97. The predicted octanol–water partition coefficient (Wildman–Crippen LogP) is 5.28. The Labute approximate surface area is 159 Å². The van der Waals surface area contributed by atoms with E-state index in [1.54, 1.807) is 30.3 Å². The van der Waals surface area contributed by atoms with Crippen molar-refractivity contribution in [2.75, 3.05) is 11.5 Å². The molecule has 0 saturated carbocycles. The van der Waals surface area contributed by atoms with E-state index >= 15 is 0 Å². The molecule has 1 saturated heterocycles. The number of rotatable bonds is 4. The van der Waals surface area contributed by atoms with E-state index in [9.17, 15) is 9.18 Å². The van der Waals surface area contributed by atoms with E-state index in [2.05, 4.69) is 0 Å². The smallest absolute Gasteiger partial charge is 0.270 e. The minimum absolute atomic E-state index is 0.303. The zero-order chi connectivity index (χ0) is 18.0. The van der Waals surface area contributed by atoms with Gasteiger partial charge in [0.05, 0.1) is 17.2 Å². The van der Waals surface area contributed by atoms with Gasteiger partial charge in [0.1, 0.15) is 11.6 Å². The minimum atomic E-state index is -0.427.